The highest BCUT2D eigenvalue weighted by Gasteiger charge is 2.52. The molecule has 3 aliphatic carbocycles. The van der Waals surface area contributed by atoms with Gasteiger partial charge in [-0.3, -0.25) is 0 Å². The zero-order valence-electron chi connectivity index (χ0n) is 7.30. The molecule has 3 aliphatic rings. The minimum atomic E-state index is -0.250. The van der Waals surface area contributed by atoms with Crippen LogP contribution in [0, 0.1) is 17.3 Å². The third-order valence-electron chi connectivity index (χ3n) is 3.77. The van der Waals surface area contributed by atoms with Crippen molar-refractivity contribution in [2.45, 2.75) is 32.8 Å². The summed E-state index contributed by atoms with van der Waals surface area (Å²) in [6, 6.07) is 0. The molecule has 0 aromatic carbocycles. The van der Waals surface area contributed by atoms with Gasteiger partial charge < -0.3 is 5.11 Å². The van der Waals surface area contributed by atoms with Crippen LogP contribution >= 0.6 is 0 Å². The van der Waals surface area contributed by atoms with Gasteiger partial charge in [0.25, 0.3) is 0 Å². The van der Waals surface area contributed by atoms with Crippen molar-refractivity contribution >= 4 is 0 Å². The van der Waals surface area contributed by atoms with Crippen LogP contribution in [-0.4, -0.2) is 11.2 Å². The summed E-state index contributed by atoms with van der Waals surface area (Å²) in [6.45, 7) is 8.27. The van der Waals surface area contributed by atoms with Gasteiger partial charge in [-0.15, -0.1) is 0 Å². The van der Waals surface area contributed by atoms with E-state index in [2.05, 4.69) is 20.4 Å². The van der Waals surface area contributed by atoms with Crippen LogP contribution in [0.2, 0.25) is 0 Å². The molecule has 0 aromatic heterocycles. The summed E-state index contributed by atoms with van der Waals surface area (Å²) in [6.07, 6.45) is 2.28. The molecule has 0 heterocycles. The largest absolute Gasteiger partial charge is 0.388 e. The van der Waals surface area contributed by atoms with Crippen molar-refractivity contribution in [2.24, 2.45) is 17.3 Å². The van der Waals surface area contributed by atoms with Gasteiger partial charge in [0.1, 0.15) is 0 Å². The molecule has 0 spiro atoms. The molecule has 62 valence electrons. The third kappa shape index (κ3) is 0.750. The van der Waals surface area contributed by atoms with Crippen LogP contribution < -0.4 is 0 Å². The summed E-state index contributed by atoms with van der Waals surface area (Å²) in [5, 5.41) is 9.81. The monoisotopic (exact) mass is 152 g/mol. The lowest BCUT2D eigenvalue weighted by molar-refractivity contribution is -0.0679. The van der Waals surface area contributed by atoms with Crippen LogP contribution in [0.4, 0.5) is 0 Å². The van der Waals surface area contributed by atoms with Gasteiger partial charge in [-0.05, 0) is 35.7 Å². The molecule has 1 N–H and O–H groups in total. The average molecular weight is 152 g/mol. The minimum Gasteiger partial charge on any atom is -0.388 e. The fourth-order valence-corrected chi connectivity index (χ4v) is 2.45. The maximum absolute atomic E-state index is 9.81. The maximum Gasteiger partial charge on any atom is 0.0803 e. The van der Waals surface area contributed by atoms with E-state index in [1.165, 1.54) is 12.8 Å². The lowest BCUT2D eigenvalue weighted by Gasteiger charge is -2.55. The number of fused-ring (bicyclic) bond motifs is 2. The summed E-state index contributed by atoms with van der Waals surface area (Å²) in [5.41, 5.74) is 1.17. The molecule has 0 saturated heterocycles. The van der Waals surface area contributed by atoms with E-state index >= 15 is 0 Å². The summed E-state index contributed by atoms with van der Waals surface area (Å²) < 4.78 is 0. The Balaban J connectivity index is 2.28. The van der Waals surface area contributed by atoms with Crippen LogP contribution in [0.1, 0.15) is 26.7 Å². The predicted octanol–water partition coefficient (Wildman–Crippen LogP) is 1.97. The number of aliphatic hydroxyl groups excluding tert-OH is 1. The van der Waals surface area contributed by atoms with Crippen molar-refractivity contribution in [3.05, 3.63) is 12.2 Å². The fourth-order valence-electron chi connectivity index (χ4n) is 2.45. The quantitative estimate of drug-likeness (QED) is 0.526. The van der Waals surface area contributed by atoms with E-state index in [0.717, 1.165) is 11.5 Å². The standard InChI is InChI=1S/C10H16O/c1-6-7-4-8(5-7)10(2,3)9(6)11/h7-9,11H,1,4-5H2,2-3H3. The van der Waals surface area contributed by atoms with Gasteiger partial charge in [-0.2, -0.15) is 0 Å². The number of hydrogen-bond acceptors (Lipinski definition) is 1. The molecule has 3 saturated carbocycles. The molecular weight excluding hydrogens is 136 g/mol. The third-order valence-corrected chi connectivity index (χ3v) is 3.77. The molecule has 11 heavy (non-hydrogen) atoms. The van der Waals surface area contributed by atoms with E-state index < -0.39 is 0 Å². The van der Waals surface area contributed by atoms with Crippen molar-refractivity contribution < 1.29 is 5.11 Å². The molecule has 1 heteroatoms. The second-order valence-electron chi connectivity index (χ2n) is 4.66. The molecule has 1 nitrogen and oxygen atoms in total. The number of hydrogen-bond donors (Lipinski definition) is 1. The van der Waals surface area contributed by atoms with E-state index in [1.54, 1.807) is 0 Å². The average Bonchev–Trinajstić information content (AvgIpc) is 1.78. The SMILES string of the molecule is C=C1C2CC(C2)C(C)(C)C1O. The Morgan fingerprint density at radius 2 is 2.00 bits per heavy atom. The summed E-state index contributed by atoms with van der Waals surface area (Å²) in [5.74, 6) is 1.39. The number of aliphatic hydroxyl groups is 1. The first-order valence-corrected chi connectivity index (χ1v) is 4.40. The van der Waals surface area contributed by atoms with E-state index in [4.69, 9.17) is 0 Å². The van der Waals surface area contributed by atoms with Crippen LogP contribution in [-0.2, 0) is 0 Å². The smallest absolute Gasteiger partial charge is 0.0803 e. The van der Waals surface area contributed by atoms with Crippen molar-refractivity contribution in [1.29, 1.82) is 0 Å². The Morgan fingerprint density at radius 1 is 1.45 bits per heavy atom. The van der Waals surface area contributed by atoms with Crippen molar-refractivity contribution in [2.75, 3.05) is 0 Å². The van der Waals surface area contributed by atoms with Crippen LogP contribution in [0.25, 0.3) is 0 Å². The normalized spacial score (nSPS) is 46.8. The zero-order chi connectivity index (χ0) is 8.22. The molecule has 0 amide bonds. The van der Waals surface area contributed by atoms with Crippen LogP contribution in [0.3, 0.4) is 0 Å². The van der Waals surface area contributed by atoms with E-state index in [0.29, 0.717) is 5.92 Å². The molecule has 0 radical (unpaired) electrons. The lowest BCUT2D eigenvalue weighted by Crippen LogP contribution is -2.52. The second kappa shape index (κ2) is 1.89. The number of rotatable bonds is 0. The summed E-state index contributed by atoms with van der Waals surface area (Å²) in [4.78, 5) is 0. The maximum atomic E-state index is 9.81. The molecule has 3 fully saturated rings. The summed E-state index contributed by atoms with van der Waals surface area (Å²) >= 11 is 0. The Bertz CT molecular complexity index is 199. The first kappa shape index (κ1) is 7.35. The molecule has 3 rings (SSSR count). The molecule has 1 atom stereocenters. The zero-order valence-corrected chi connectivity index (χ0v) is 7.30. The van der Waals surface area contributed by atoms with E-state index in [-0.39, 0.29) is 11.5 Å². The first-order chi connectivity index (χ1) is 5.03. The van der Waals surface area contributed by atoms with Gasteiger partial charge in [0.15, 0.2) is 0 Å². The second-order valence-corrected chi connectivity index (χ2v) is 4.66. The molecule has 1 unspecified atom stereocenters. The lowest BCUT2D eigenvalue weighted by atomic mass is 9.51. The van der Waals surface area contributed by atoms with E-state index in [1.807, 2.05) is 0 Å². The Morgan fingerprint density at radius 3 is 2.36 bits per heavy atom. The van der Waals surface area contributed by atoms with Crippen LogP contribution in [0.15, 0.2) is 12.2 Å². The topological polar surface area (TPSA) is 20.2 Å². The minimum absolute atomic E-state index is 0.0891. The Labute approximate surface area is 68.1 Å². The molecule has 0 aromatic rings. The summed E-state index contributed by atoms with van der Waals surface area (Å²) in [7, 11) is 0. The highest BCUT2D eigenvalue weighted by Crippen LogP contribution is 2.57. The van der Waals surface area contributed by atoms with Crippen molar-refractivity contribution in [1.82, 2.24) is 0 Å². The van der Waals surface area contributed by atoms with Gasteiger partial charge >= 0.3 is 0 Å². The van der Waals surface area contributed by atoms with Gasteiger partial charge in [-0.25, -0.2) is 0 Å². The molecule has 2 bridgehead atoms. The van der Waals surface area contributed by atoms with E-state index in [9.17, 15) is 5.11 Å². The predicted molar refractivity (Wildman–Crippen MR) is 45.1 cm³/mol. The van der Waals surface area contributed by atoms with Gasteiger partial charge in [0.05, 0.1) is 6.10 Å². The van der Waals surface area contributed by atoms with Gasteiger partial charge in [-0.1, -0.05) is 20.4 Å². The molecular formula is C10H16O. The Kier molecular flexibility index (Phi) is 1.26. The first-order valence-electron chi connectivity index (χ1n) is 4.40. The van der Waals surface area contributed by atoms with Gasteiger partial charge in [0.2, 0.25) is 0 Å². The highest BCUT2D eigenvalue weighted by molar-refractivity contribution is 5.22. The van der Waals surface area contributed by atoms with Gasteiger partial charge in [0, 0.05) is 0 Å². The molecule has 0 aliphatic heterocycles. The van der Waals surface area contributed by atoms with Crippen molar-refractivity contribution in [3.8, 4) is 0 Å². The van der Waals surface area contributed by atoms with Crippen molar-refractivity contribution in [3.63, 3.8) is 0 Å². The fraction of sp³-hybridized carbons (Fsp3) is 0.800. The highest BCUT2D eigenvalue weighted by atomic mass is 16.3. The Hall–Kier alpha value is -0.300. The van der Waals surface area contributed by atoms with Crippen LogP contribution in [0.5, 0.6) is 0 Å².